The van der Waals surface area contributed by atoms with Gasteiger partial charge in [0, 0.05) is 26.3 Å². The first kappa shape index (κ1) is 20.0. The van der Waals surface area contributed by atoms with Crippen LogP contribution in [0.2, 0.25) is 0 Å². The molecule has 31 heavy (non-hydrogen) atoms. The van der Waals surface area contributed by atoms with Gasteiger partial charge >= 0.3 is 6.18 Å². The fraction of sp³-hybridized carbons (Fsp3) is 0.381. The van der Waals surface area contributed by atoms with E-state index in [-0.39, 0.29) is 6.04 Å². The fourth-order valence-electron chi connectivity index (χ4n) is 4.25. The smallest absolute Gasteiger partial charge is 0.354 e. The zero-order valence-corrected chi connectivity index (χ0v) is 17.8. The second-order valence-corrected chi connectivity index (χ2v) is 9.01. The van der Waals surface area contributed by atoms with Crippen LogP contribution in [0, 0.1) is 5.92 Å². The van der Waals surface area contributed by atoms with Gasteiger partial charge in [0.25, 0.3) is 0 Å². The van der Waals surface area contributed by atoms with E-state index in [1.165, 1.54) is 17.4 Å². The number of thiazole rings is 1. The number of anilines is 2. The predicted octanol–water partition coefficient (Wildman–Crippen LogP) is 4.94. The van der Waals surface area contributed by atoms with Crippen LogP contribution in [0.3, 0.4) is 0 Å². The SMILES string of the molecule is CC1CCN(c2nc3cc(C(F)(F)F)ccc3s2)CC1N(C)c1ncnc2[nH]ccc12. The van der Waals surface area contributed by atoms with E-state index >= 15 is 0 Å². The molecule has 3 aromatic heterocycles. The number of benzene rings is 1. The second kappa shape index (κ2) is 7.37. The zero-order valence-electron chi connectivity index (χ0n) is 17.0. The summed E-state index contributed by atoms with van der Waals surface area (Å²) in [4.78, 5) is 20.8. The molecule has 1 aliphatic heterocycles. The number of rotatable bonds is 3. The minimum atomic E-state index is -4.37. The highest BCUT2D eigenvalue weighted by atomic mass is 32.1. The molecule has 0 spiro atoms. The molecule has 1 saturated heterocycles. The zero-order chi connectivity index (χ0) is 21.8. The monoisotopic (exact) mass is 446 g/mol. The standard InChI is InChI=1S/C21H21F3N6S/c1-12-6-8-30(20-28-15-9-13(21(22,23)24)3-4-17(15)31-20)10-16(12)29(2)19-14-5-7-25-18(14)26-11-27-19/h3-5,7,9,11-12,16H,6,8,10H2,1-2H3,(H,25,26,27). The summed E-state index contributed by atoms with van der Waals surface area (Å²) in [6.45, 7) is 3.77. The van der Waals surface area contributed by atoms with Gasteiger partial charge in [-0.05, 0) is 36.6 Å². The van der Waals surface area contributed by atoms with Gasteiger partial charge in [0.1, 0.15) is 17.8 Å². The maximum Gasteiger partial charge on any atom is 0.416 e. The highest BCUT2D eigenvalue weighted by Crippen LogP contribution is 2.37. The molecule has 5 rings (SSSR count). The van der Waals surface area contributed by atoms with Crippen LogP contribution in [0.1, 0.15) is 18.9 Å². The van der Waals surface area contributed by atoms with Crippen molar-refractivity contribution in [2.24, 2.45) is 5.92 Å². The van der Waals surface area contributed by atoms with Crippen molar-refractivity contribution in [1.82, 2.24) is 19.9 Å². The summed E-state index contributed by atoms with van der Waals surface area (Å²) in [7, 11) is 2.04. The Labute approximate surface area is 180 Å². The third-order valence-electron chi connectivity index (χ3n) is 6.06. The Morgan fingerprint density at radius 2 is 2.06 bits per heavy atom. The van der Waals surface area contributed by atoms with Crippen molar-refractivity contribution in [2.45, 2.75) is 25.6 Å². The topological polar surface area (TPSA) is 60.9 Å². The van der Waals surface area contributed by atoms with E-state index in [9.17, 15) is 13.2 Å². The van der Waals surface area contributed by atoms with E-state index in [0.29, 0.717) is 11.4 Å². The molecule has 10 heteroatoms. The van der Waals surface area contributed by atoms with E-state index in [1.54, 1.807) is 6.33 Å². The number of hydrogen-bond acceptors (Lipinski definition) is 6. The average molecular weight is 447 g/mol. The molecule has 0 amide bonds. The molecular formula is C21H21F3N6S. The number of alkyl halides is 3. The Balaban J connectivity index is 1.43. The number of nitrogens with one attached hydrogen (secondary N) is 1. The number of hydrogen-bond donors (Lipinski definition) is 1. The van der Waals surface area contributed by atoms with Crippen LogP contribution in [0.5, 0.6) is 0 Å². The van der Waals surface area contributed by atoms with Crippen LogP contribution >= 0.6 is 11.3 Å². The first-order chi connectivity index (χ1) is 14.8. The molecule has 6 nitrogen and oxygen atoms in total. The quantitative estimate of drug-likeness (QED) is 0.483. The van der Waals surface area contributed by atoms with Gasteiger partial charge in [0.15, 0.2) is 5.13 Å². The van der Waals surface area contributed by atoms with Gasteiger partial charge < -0.3 is 14.8 Å². The van der Waals surface area contributed by atoms with Crippen molar-refractivity contribution in [3.63, 3.8) is 0 Å². The van der Waals surface area contributed by atoms with Crippen LogP contribution in [0.15, 0.2) is 36.8 Å². The Hall–Kier alpha value is -2.88. The highest BCUT2D eigenvalue weighted by molar-refractivity contribution is 7.22. The van der Waals surface area contributed by atoms with Gasteiger partial charge in [-0.3, -0.25) is 0 Å². The lowest BCUT2D eigenvalue weighted by Gasteiger charge is -2.42. The summed E-state index contributed by atoms with van der Waals surface area (Å²) >= 11 is 1.44. The van der Waals surface area contributed by atoms with E-state index in [0.717, 1.165) is 58.3 Å². The molecule has 162 valence electrons. The first-order valence-corrected chi connectivity index (χ1v) is 10.9. The van der Waals surface area contributed by atoms with Crippen molar-refractivity contribution in [1.29, 1.82) is 0 Å². The second-order valence-electron chi connectivity index (χ2n) is 8.00. The molecule has 4 aromatic rings. The molecule has 0 radical (unpaired) electrons. The molecule has 1 aromatic carbocycles. The number of likely N-dealkylation sites (N-methyl/N-ethyl adjacent to an activating group) is 1. The van der Waals surface area contributed by atoms with Crippen molar-refractivity contribution in [3.8, 4) is 0 Å². The molecule has 1 N–H and O–H groups in total. The van der Waals surface area contributed by atoms with Gasteiger partial charge in [0.2, 0.25) is 0 Å². The molecule has 0 saturated carbocycles. The Bertz CT molecular complexity index is 1230. The van der Waals surface area contributed by atoms with Crippen LogP contribution in [-0.2, 0) is 6.18 Å². The first-order valence-electron chi connectivity index (χ1n) is 10.0. The Kier molecular flexibility index (Phi) is 4.76. The Morgan fingerprint density at radius 1 is 1.23 bits per heavy atom. The molecule has 0 aliphatic carbocycles. The number of aromatic nitrogens is 4. The molecule has 1 aliphatic rings. The normalized spacial score (nSPS) is 20.0. The lowest BCUT2D eigenvalue weighted by atomic mass is 9.92. The maximum atomic E-state index is 13.1. The summed E-state index contributed by atoms with van der Waals surface area (Å²) < 4.78 is 39.9. The molecular weight excluding hydrogens is 425 g/mol. The summed E-state index contributed by atoms with van der Waals surface area (Å²) in [6.07, 6.45) is -0.00113. The van der Waals surface area contributed by atoms with Crippen LogP contribution in [0.4, 0.5) is 24.1 Å². The van der Waals surface area contributed by atoms with Gasteiger partial charge in [-0.2, -0.15) is 13.2 Å². The fourth-order valence-corrected chi connectivity index (χ4v) is 5.23. The highest BCUT2D eigenvalue weighted by Gasteiger charge is 2.33. The Morgan fingerprint density at radius 3 is 2.87 bits per heavy atom. The molecule has 4 heterocycles. The van der Waals surface area contributed by atoms with Gasteiger partial charge in [-0.1, -0.05) is 18.3 Å². The van der Waals surface area contributed by atoms with Crippen molar-refractivity contribution in [3.05, 3.63) is 42.4 Å². The summed E-state index contributed by atoms with van der Waals surface area (Å²) in [5, 5.41) is 1.73. The van der Waals surface area contributed by atoms with Crippen LogP contribution in [-0.4, -0.2) is 46.1 Å². The average Bonchev–Trinajstić information content (AvgIpc) is 3.39. The van der Waals surface area contributed by atoms with Crippen molar-refractivity contribution >= 4 is 43.5 Å². The number of nitrogens with zero attached hydrogens (tertiary/aromatic N) is 5. The maximum absolute atomic E-state index is 13.1. The van der Waals surface area contributed by atoms with Crippen molar-refractivity contribution < 1.29 is 13.2 Å². The van der Waals surface area contributed by atoms with Crippen molar-refractivity contribution in [2.75, 3.05) is 29.9 Å². The van der Waals surface area contributed by atoms with Gasteiger partial charge in [-0.15, -0.1) is 0 Å². The molecule has 0 bridgehead atoms. The third kappa shape index (κ3) is 3.58. The minimum absolute atomic E-state index is 0.180. The van der Waals surface area contributed by atoms with E-state index in [4.69, 9.17) is 0 Å². The summed E-state index contributed by atoms with van der Waals surface area (Å²) in [5.74, 6) is 1.29. The number of piperidine rings is 1. The lowest BCUT2D eigenvalue weighted by Crippen LogP contribution is -2.51. The third-order valence-corrected chi connectivity index (χ3v) is 7.15. The van der Waals surface area contributed by atoms with E-state index in [1.807, 2.05) is 19.3 Å². The minimum Gasteiger partial charge on any atom is -0.354 e. The van der Waals surface area contributed by atoms with Gasteiger partial charge in [-0.25, -0.2) is 15.0 Å². The van der Waals surface area contributed by atoms with Crippen LogP contribution < -0.4 is 9.80 Å². The number of H-pyrrole nitrogens is 1. The summed E-state index contributed by atoms with van der Waals surface area (Å²) in [5.41, 5.74) is 0.521. The van der Waals surface area contributed by atoms with E-state index < -0.39 is 11.7 Å². The number of aromatic amines is 1. The molecule has 2 atom stereocenters. The summed E-state index contributed by atoms with van der Waals surface area (Å²) in [6, 6.07) is 5.92. The predicted molar refractivity (Wildman–Crippen MR) is 117 cm³/mol. The van der Waals surface area contributed by atoms with Crippen LogP contribution in [0.25, 0.3) is 21.3 Å². The lowest BCUT2D eigenvalue weighted by molar-refractivity contribution is -0.137. The molecule has 1 fully saturated rings. The van der Waals surface area contributed by atoms with E-state index in [2.05, 4.69) is 36.7 Å². The number of halogens is 3. The van der Waals surface area contributed by atoms with Gasteiger partial charge in [0.05, 0.1) is 27.2 Å². The largest absolute Gasteiger partial charge is 0.416 e. The number of fused-ring (bicyclic) bond motifs is 2. The molecule has 2 unspecified atom stereocenters.